The lowest BCUT2D eigenvalue weighted by molar-refractivity contribution is -0.141. The van der Waals surface area contributed by atoms with Crippen molar-refractivity contribution >= 4 is 17.7 Å². The SMILES string of the molecule is O=C(c1ccc(C(F)(F)F)[nH]c1=O)N1CCS[C@@H]2CCCC[C@H]21. The number of nitrogens with zero attached hydrogens (tertiary/aromatic N) is 1. The van der Waals surface area contributed by atoms with Crippen LogP contribution >= 0.6 is 11.8 Å². The van der Waals surface area contributed by atoms with Crippen LogP contribution in [0.3, 0.4) is 0 Å². The molecule has 1 aliphatic heterocycles. The number of amides is 1. The zero-order chi connectivity index (χ0) is 16.6. The maximum atomic E-state index is 12.7. The minimum absolute atomic E-state index is 0.0803. The molecule has 1 aliphatic carbocycles. The Bertz CT molecular complexity index is 657. The zero-order valence-corrected chi connectivity index (χ0v) is 13.2. The van der Waals surface area contributed by atoms with Gasteiger partial charge < -0.3 is 9.88 Å². The normalized spacial score (nSPS) is 25.1. The molecule has 0 aromatic carbocycles. The van der Waals surface area contributed by atoms with E-state index in [4.69, 9.17) is 0 Å². The van der Waals surface area contributed by atoms with Crippen LogP contribution < -0.4 is 5.56 Å². The first-order valence-electron chi connectivity index (χ1n) is 7.61. The Morgan fingerprint density at radius 2 is 2.00 bits per heavy atom. The smallest absolute Gasteiger partial charge is 0.334 e. The van der Waals surface area contributed by atoms with Crippen molar-refractivity contribution in [2.24, 2.45) is 0 Å². The molecule has 8 heteroatoms. The van der Waals surface area contributed by atoms with Crippen molar-refractivity contribution in [3.63, 3.8) is 0 Å². The van der Waals surface area contributed by atoms with E-state index in [1.807, 2.05) is 11.8 Å². The fourth-order valence-electron chi connectivity index (χ4n) is 3.31. The number of fused-ring (bicyclic) bond motifs is 1. The molecule has 1 aromatic rings. The van der Waals surface area contributed by atoms with Gasteiger partial charge in [0.05, 0.1) is 0 Å². The highest BCUT2D eigenvalue weighted by atomic mass is 32.2. The number of rotatable bonds is 1. The molecule has 126 valence electrons. The van der Waals surface area contributed by atoms with Crippen molar-refractivity contribution in [2.45, 2.75) is 43.2 Å². The molecule has 1 saturated heterocycles. The summed E-state index contributed by atoms with van der Waals surface area (Å²) < 4.78 is 37.8. The Balaban J connectivity index is 1.86. The highest BCUT2D eigenvalue weighted by Gasteiger charge is 2.38. The molecule has 0 radical (unpaired) electrons. The second kappa shape index (κ2) is 6.22. The number of thioether (sulfide) groups is 1. The molecule has 1 amide bonds. The summed E-state index contributed by atoms with van der Waals surface area (Å²) in [7, 11) is 0. The van der Waals surface area contributed by atoms with E-state index in [0.717, 1.165) is 43.6 Å². The number of H-pyrrole nitrogens is 1. The third kappa shape index (κ3) is 3.27. The molecule has 1 N–H and O–H groups in total. The predicted octanol–water partition coefficient (Wildman–Crippen LogP) is 2.89. The Kier molecular flexibility index (Phi) is 4.44. The first-order chi connectivity index (χ1) is 10.9. The molecule has 0 spiro atoms. The summed E-state index contributed by atoms with van der Waals surface area (Å²) in [5.41, 5.74) is -2.33. The van der Waals surface area contributed by atoms with Gasteiger partial charge in [-0.05, 0) is 25.0 Å². The number of halogens is 3. The Morgan fingerprint density at radius 1 is 1.26 bits per heavy atom. The van der Waals surface area contributed by atoms with E-state index in [0.29, 0.717) is 11.8 Å². The van der Waals surface area contributed by atoms with E-state index in [1.165, 1.54) is 0 Å². The van der Waals surface area contributed by atoms with Crippen LogP contribution in [0.5, 0.6) is 0 Å². The van der Waals surface area contributed by atoms with Gasteiger partial charge in [-0.25, -0.2) is 0 Å². The molecule has 0 unspecified atom stereocenters. The molecule has 2 atom stereocenters. The van der Waals surface area contributed by atoms with Gasteiger partial charge in [-0.1, -0.05) is 12.8 Å². The summed E-state index contributed by atoms with van der Waals surface area (Å²) in [6.07, 6.45) is -0.521. The lowest BCUT2D eigenvalue weighted by Gasteiger charge is -2.43. The van der Waals surface area contributed by atoms with E-state index in [-0.39, 0.29) is 11.6 Å². The second-order valence-electron chi connectivity index (χ2n) is 5.87. The molecule has 3 rings (SSSR count). The zero-order valence-electron chi connectivity index (χ0n) is 12.4. The predicted molar refractivity (Wildman–Crippen MR) is 81.6 cm³/mol. The number of carbonyl (C=O) groups is 1. The van der Waals surface area contributed by atoms with E-state index in [1.54, 1.807) is 9.88 Å². The van der Waals surface area contributed by atoms with E-state index < -0.39 is 23.3 Å². The summed E-state index contributed by atoms with van der Waals surface area (Å²) in [6.45, 7) is 0.533. The second-order valence-corrected chi connectivity index (χ2v) is 7.22. The summed E-state index contributed by atoms with van der Waals surface area (Å²) in [5.74, 6) is 0.336. The maximum absolute atomic E-state index is 12.7. The van der Waals surface area contributed by atoms with Gasteiger partial charge in [0, 0.05) is 23.6 Å². The van der Waals surface area contributed by atoms with Crippen molar-refractivity contribution < 1.29 is 18.0 Å². The molecule has 4 nitrogen and oxygen atoms in total. The monoisotopic (exact) mass is 346 g/mol. The summed E-state index contributed by atoms with van der Waals surface area (Å²) >= 11 is 1.84. The molecule has 2 heterocycles. The largest absolute Gasteiger partial charge is 0.431 e. The van der Waals surface area contributed by atoms with Gasteiger partial charge in [-0.2, -0.15) is 24.9 Å². The number of hydrogen-bond donors (Lipinski definition) is 1. The van der Waals surface area contributed by atoms with Gasteiger partial charge in [-0.3, -0.25) is 9.59 Å². The Hall–Kier alpha value is -1.44. The summed E-state index contributed by atoms with van der Waals surface area (Å²) in [6, 6.07) is 1.83. The number of pyridine rings is 1. The molecular formula is C15H17F3N2O2S. The van der Waals surface area contributed by atoms with E-state index >= 15 is 0 Å². The van der Waals surface area contributed by atoms with E-state index in [9.17, 15) is 22.8 Å². The molecule has 23 heavy (non-hydrogen) atoms. The van der Waals surface area contributed by atoms with Crippen LogP contribution in [-0.4, -0.2) is 39.4 Å². The Morgan fingerprint density at radius 3 is 2.70 bits per heavy atom. The fourth-order valence-corrected chi connectivity index (χ4v) is 4.75. The summed E-state index contributed by atoms with van der Waals surface area (Å²) in [5, 5.41) is 0.370. The minimum Gasteiger partial charge on any atom is -0.334 e. The van der Waals surface area contributed by atoms with Crippen molar-refractivity contribution in [2.75, 3.05) is 12.3 Å². The van der Waals surface area contributed by atoms with Gasteiger partial charge in [0.15, 0.2) is 0 Å². The lowest BCUT2D eigenvalue weighted by atomic mass is 9.93. The number of carbonyl (C=O) groups excluding carboxylic acids is 1. The average Bonchev–Trinajstić information content (AvgIpc) is 2.53. The standard InChI is InChI=1S/C15H17F3N2O2S/c16-15(17,18)12-6-5-9(13(21)19-12)14(22)20-7-8-23-11-4-2-1-3-10(11)20/h5-6,10-11H,1-4,7-8H2,(H,19,21)/t10-,11-/m1/s1. The van der Waals surface area contributed by atoms with Gasteiger partial charge in [-0.15, -0.1) is 0 Å². The number of aromatic amines is 1. The van der Waals surface area contributed by atoms with Crippen LogP contribution in [0.25, 0.3) is 0 Å². The van der Waals surface area contributed by atoms with Crippen LogP contribution in [0.15, 0.2) is 16.9 Å². The van der Waals surface area contributed by atoms with E-state index in [2.05, 4.69) is 0 Å². The van der Waals surface area contributed by atoms with Crippen molar-refractivity contribution in [3.8, 4) is 0 Å². The topological polar surface area (TPSA) is 53.2 Å². The average molecular weight is 346 g/mol. The lowest BCUT2D eigenvalue weighted by Crippen LogP contribution is -2.52. The maximum Gasteiger partial charge on any atom is 0.431 e. The molecule has 1 saturated carbocycles. The first kappa shape index (κ1) is 16.4. The van der Waals surface area contributed by atoms with Crippen molar-refractivity contribution in [1.82, 2.24) is 9.88 Å². The molecule has 2 fully saturated rings. The molecular weight excluding hydrogens is 329 g/mol. The highest BCUT2D eigenvalue weighted by molar-refractivity contribution is 8.00. The number of hydrogen-bond acceptors (Lipinski definition) is 3. The fraction of sp³-hybridized carbons (Fsp3) is 0.600. The van der Waals surface area contributed by atoms with Gasteiger partial charge in [0.1, 0.15) is 11.3 Å². The van der Waals surface area contributed by atoms with Crippen molar-refractivity contribution in [1.29, 1.82) is 0 Å². The van der Waals surface area contributed by atoms with Crippen LogP contribution in [0, 0.1) is 0 Å². The molecule has 1 aromatic heterocycles. The van der Waals surface area contributed by atoms with Crippen LogP contribution in [-0.2, 0) is 6.18 Å². The van der Waals surface area contributed by atoms with Gasteiger partial charge >= 0.3 is 6.18 Å². The van der Waals surface area contributed by atoms with Gasteiger partial charge in [0.25, 0.3) is 11.5 Å². The third-order valence-corrected chi connectivity index (χ3v) is 5.83. The number of alkyl halides is 3. The molecule has 2 aliphatic rings. The summed E-state index contributed by atoms with van der Waals surface area (Å²) in [4.78, 5) is 28.0. The van der Waals surface area contributed by atoms with Gasteiger partial charge in [0.2, 0.25) is 0 Å². The van der Waals surface area contributed by atoms with Crippen LogP contribution in [0.1, 0.15) is 41.7 Å². The first-order valence-corrected chi connectivity index (χ1v) is 8.66. The number of aromatic nitrogens is 1. The van der Waals surface area contributed by atoms with Crippen molar-refractivity contribution in [3.05, 3.63) is 33.7 Å². The Labute approximate surface area is 135 Å². The van der Waals surface area contributed by atoms with Crippen LogP contribution in [0.2, 0.25) is 0 Å². The minimum atomic E-state index is -4.63. The third-order valence-electron chi connectivity index (χ3n) is 4.44. The highest BCUT2D eigenvalue weighted by Crippen LogP contribution is 2.36. The number of nitrogens with one attached hydrogen (secondary N) is 1. The van der Waals surface area contributed by atoms with Crippen LogP contribution in [0.4, 0.5) is 13.2 Å². The molecule has 0 bridgehead atoms. The quantitative estimate of drug-likeness (QED) is 0.851.